The van der Waals surface area contributed by atoms with Gasteiger partial charge in [-0.05, 0) is 18.1 Å². The second-order valence-corrected chi connectivity index (χ2v) is 3.52. The SMILES string of the molecule is Cc1ccccc1Cn1cc(C=O)cn1. The Bertz CT molecular complexity index is 474. The van der Waals surface area contributed by atoms with E-state index in [0.717, 1.165) is 6.29 Å². The number of aromatic nitrogens is 2. The molecule has 0 fully saturated rings. The maximum Gasteiger partial charge on any atom is 0.153 e. The van der Waals surface area contributed by atoms with E-state index in [4.69, 9.17) is 0 Å². The first-order chi connectivity index (χ1) is 7.29. The molecule has 1 aromatic heterocycles. The van der Waals surface area contributed by atoms with Crippen LogP contribution in [0.25, 0.3) is 0 Å². The number of aldehydes is 1. The van der Waals surface area contributed by atoms with Crippen molar-refractivity contribution in [1.29, 1.82) is 0 Å². The average Bonchev–Trinajstić information content (AvgIpc) is 2.69. The minimum Gasteiger partial charge on any atom is -0.298 e. The second kappa shape index (κ2) is 4.09. The third-order valence-corrected chi connectivity index (χ3v) is 2.38. The van der Waals surface area contributed by atoms with Crippen LogP contribution in [-0.4, -0.2) is 16.1 Å². The molecule has 2 rings (SSSR count). The quantitative estimate of drug-likeness (QED) is 0.711. The van der Waals surface area contributed by atoms with Crippen LogP contribution in [-0.2, 0) is 6.54 Å². The molecule has 15 heavy (non-hydrogen) atoms. The molecular formula is C12H12N2O. The smallest absolute Gasteiger partial charge is 0.153 e. The highest BCUT2D eigenvalue weighted by Gasteiger charge is 2.00. The number of nitrogens with zero attached hydrogens (tertiary/aromatic N) is 2. The number of aryl methyl sites for hydroxylation is 1. The van der Waals surface area contributed by atoms with Gasteiger partial charge in [-0.25, -0.2) is 0 Å². The first kappa shape index (κ1) is 9.65. The molecule has 0 amide bonds. The lowest BCUT2D eigenvalue weighted by Crippen LogP contribution is -2.01. The van der Waals surface area contributed by atoms with Gasteiger partial charge >= 0.3 is 0 Å². The summed E-state index contributed by atoms with van der Waals surface area (Å²) in [6.45, 7) is 2.78. The van der Waals surface area contributed by atoms with Crippen LogP contribution in [0.15, 0.2) is 36.7 Å². The summed E-state index contributed by atoms with van der Waals surface area (Å²) in [6.07, 6.45) is 4.13. The molecule has 0 N–H and O–H groups in total. The van der Waals surface area contributed by atoms with E-state index in [2.05, 4.69) is 24.2 Å². The number of hydrogen-bond acceptors (Lipinski definition) is 2. The van der Waals surface area contributed by atoms with E-state index in [-0.39, 0.29) is 0 Å². The van der Waals surface area contributed by atoms with Crippen LogP contribution in [0.2, 0.25) is 0 Å². The van der Waals surface area contributed by atoms with Crippen molar-refractivity contribution in [2.75, 3.05) is 0 Å². The lowest BCUT2D eigenvalue weighted by molar-refractivity contribution is 0.112. The Labute approximate surface area is 88.4 Å². The number of carbonyl (C=O) groups excluding carboxylic acids is 1. The van der Waals surface area contributed by atoms with E-state index < -0.39 is 0 Å². The van der Waals surface area contributed by atoms with Crippen LogP contribution < -0.4 is 0 Å². The van der Waals surface area contributed by atoms with E-state index in [0.29, 0.717) is 12.1 Å². The fraction of sp³-hybridized carbons (Fsp3) is 0.167. The summed E-state index contributed by atoms with van der Waals surface area (Å²) in [5.74, 6) is 0. The Morgan fingerprint density at radius 1 is 1.40 bits per heavy atom. The number of benzene rings is 1. The van der Waals surface area contributed by atoms with Gasteiger partial charge in [-0.3, -0.25) is 9.48 Å². The van der Waals surface area contributed by atoms with Gasteiger partial charge < -0.3 is 0 Å². The van der Waals surface area contributed by atoms with Gasteiger partial charge in [0.15, 0.2) is 6.29 Å². The van der Waals surface area contributed by atoms with Crippen molar-refractivity contribution in [3.8, 4) is 0 Å². The van der Waals surface area contributed by atoms with Crippen molar-refractivity contribution in [2.45, 2.75) is 13.5 Å². The maximum atomic E-state index is 10.5. The zero-order chi connectivity index (χ0) is 10.7. The molecule has 76 valence electrons. The van der Waals surface area contributed by atoms with Gasteiger partial charge in [0.1, 0.15) is 0 Å². The molecule has 1 heterocycles. The van der Waals surface area contributed by atoms with Crippen LogP contribution >= 0.6 is 0 Å². The van der Waals surface area contributed by atoms with Crippen LogP contribution in [0, 0.1) is 6.92 Å². The third kappa shape index (κ3) is 2.13. The van der Waals surface area contributed by atoms with E-state index >= 15 is 0 Å². The largest absolute Gasteiger partial charge is 0.298 e. The second-order valence-electron chi connectivity index (χ2n) is 3.52. The highest BCUT2D eigenvalue weighted by Crippen LogP contribution is 2.08. The molecule has 0 spiro atoms. The molecule has 3 nitrogen and oxygen atoms in total. The first-order valence-corrected chi connectivity index (χ1v) is 4.82. The summed E-state index contributed by atoms with van der Waals surface area (Å²) in [5.41, 5.74) is 3.07. The van der Waals surface area contributed by atoms with Crippen molar-refractivity contribution >= 4 is 6.29 Å². The van der Waals surface area contributed by atoms with Gasteiger partial charge in [0, 0.05) is 6.20 Å². The molecule has 0 unspecified atom stereocenters. The van der Waals surface area contributed by atoms with E-state index in [9.17, 15) is 4.79 Å². The topological polar surface area (TPSA) is 34.9 Å². The lowest BCUT2D eigenvalue weighted by atomic mass is 10.1. The van der Waals surface area contributed by atoms with E-state index in [1.165, 1.54) is 11.1 Å². The van der Waals surface area contributed by atoms with Gasteiger partial charge in [0.25, 0.3) is 0 Å². The standard InChI is InChI=1S/C12H12N2O/c1-10-4-2-3-5-12(10)8-14-7-11(9-15)6-13-14/h2-7,9H,8H2,1H3. The highest BCUT2D eigenvalue weighted by molar-refractivity contribution is 5.73. The summed E-state index contributed by atoms with van der Waals surface area (Å²) in [6, 6.07) is 8.16. The molecule has 0 bridgehead atoms. The fourth-order valence-electron chi connectivity index (χ4n) is 1.49. The number of rotatable bonds is 3. The summed E-state index contributed by atoms with van der Waals surface area (Å²) >= 11 is 0. The molecule has 3 heteroatoms. The Kier molecular flexibility index (Phi) is 2.63. The van der Waals surface area contributed by atoms with Crippen molar-refractivity contribution in [3.63, 3.8) is 0 Å². The minimum absolute atomic E-state index is 0.614. The van der Waals surface area contributed by atoms with Crippen LogP contribution in [0.1, 0.15) is 21.5 Å². The zero-order valence-corrected chi connectivity index (χ0v) is 8.55. The van der Waals surface area contributed by atoms with Gasteiger partial charge in [-0.15, -0.1) is 0 Å². The maximum absolute atomic E-state index is 10.5. The normalized spacial score (nSPS) is 10.2. The fourth-order valence-corrected chi connectivity index (χ4v) is 1.49. The predicted octanol–water partition coefficient (Wildman–Crippen LogP) is 2.05. The molecule has 0 radical (unpaired) electrons. The molecule has 2 aromatic rings. The van der Waals surface area contributed by atoms with Crippen LogP contribution in [0.5, 0.6) is 0 Å². The summed E-state index contributed by atoms with van der Waals surface area (Å²) in [4.78, 5) is 10.5. The number of carbonyl (C=O) groups is 1. The van der Waals surface area contributed by atoms with E-state index in [1.54, 1.807) is 17.1 Å². The Morgan fingerprint density at radius 2 is 2.20 bits per heavy atom. The van der Waals surface area contributed by atoms with Gasteiger partial charge in [0.2, 0.25) is 0 Å². The molecule has 0 saturated heterocycles. The van der Waals surface area contributed by atoms with Crippen molar-refractivity contribution in [2.24, 2.45) is 0 Å². The Morgan fingerprint density at radius 3 is 2.87 bits per heavy atom. The molecule has 0 aliphatic rings. The van der Waals surface area contributed by atoms with Crippen LogP contribution in [0.4, 0.5) is 0 Å². The van der Waals surface area contributed by atoms with E-state index in [1.807, 2.05) is 12.1 Å². The molecule has 0 aliphatic heterocycles. The molecule has 0 saturated carbocycles. The van der Waals surface area contributed by atoms with Crippen molar-refractivity contribution in [3.05, 3.63) is 53.3 Å². The zero-order valence-electron chi connectivity index (χ0n) is 8.55. The Hall–Kier alpha value is -1.90. The van der Waals surface area contributed by atoms with Crippen molar-refractivity contribution < 1.29 is 4.79 Å². The number of hydrogen-bond donors (Lipinski definition) is 0. The average molecular weight is 200 g/mol. The monoisotopic (exact) mass is 200 g/mol. The summed E-state index contributed by atoms with van der Waals surface area (Å²) < 4.78 is 1.77. The molecule has 0 aliphatic carbocycles. The first-order valence-electron chi connectivity index (χ1n) is 4.82. The summed E-state index contributed by atoms with van der Waals surface area (Å²) in [5, 5.41) is 4.11. The summed E-state index contributed by atoms with van der Waals surface area (Å²) in [7, 11) is 0. The highest BCUT2D eigenvalue weighted by atomic mass is 16.1. The van der Waals surface area contributed by atoms with Gasteiger partial charge in [-0.1, -0.05) is 24.3 Å². The van der Waals surface area contributed by atoms with Gasteiger partial charge in [-0.2, -0.15) is 5.10 Å². The third-order valence-electron chi connectivity index (χ3n) is 2.38. The van der Waals surface area contributed by atoms with Crippen LogP contribution in [0.3, 0.4) is 0 Å². The predicted molar refractivity (Wildman–Crippen MR) is 57.9 cm³/mol. The Balaban J connectivity index is 2.22. The van der Waals surface area contributed by atoms with Gasteiger partial charge in [0.05, 0.1) is 18.3 Å². The lowest BCUT2D eigenvalue weighted by Gasteiger charge is -2.04. The van der Waals surface area contributed by atoms with Crippen molar-refractivity contribution in [1.82, 2.24) is 9.78 Å². The molecule has 1 aromatic carbocycles. The molecule has 0 atom stereocenters. The minimum atomic E-state index is 0.614. The molecular weight excluding hydrogens is 188 g/mol.